The smallest absolute Gasteiger partial charge is 0.257 e. The zero-order chi connectivity index (χ0) is 22.8. The van der Waals surface area contributed by atoms with Gasteiger partial charge in [-0.15, -0.1) is 10.2 Å². The maximum atomic E-state index is 12.9. The molecule has 4 aromatic heterocycles. The maximum Gasteiger partial charge on any atom is 0.257 e. The molecule has 1 N–H and O–H groups in total. The van der Waals surface area contributed by atoms with Crippen molar-refractivity contribution in [2.75, 3.05) is 32.0 Å². The summed E-state index contributed by atoms with van der Waals surface area (Å²) in [5, 5.41) is 11.7. The van der Waals surface area contributed by atoms with Crippen LogP contribution in [0.2, 0.25) is 0 Å². The van der Waals surface area contributed by atoms with Crippen molar-refractivity contribution in [3.63, 3.8) is 0 Å². The van der Waals surface area contributed by atoms with E-state index in [4.69, 9.17) is 0 Å². The third-order valence-electron chi connectivity index (χ3n) is 6.00. The van der Waals surface area contributed by atoms with Gasteiger partial charge in [0.2, 0.25) is 0 Å². The lowest BCUT2D eigenvalue weighted by Gasteiger charge is -2.38. The number of nitrogens with one attached hydrogen (secondary N) is 1. The van der Waals surface area contributed by atoms with Crippen LogP contribution in [0.5, 0.6) is 0 Å². The molecule has 1 fully saturated rings. The number of nitrogens with zero attached hydrogens (tertiary/aromatic N) is 7. The highest BCUT2D eigenvalue weighted by atomic mass is 16.1. The summed E-state index contributed by atoms with van der Waals surface area (Å²) in [4.78, 5) is 26.2. The van der Waals surface area contributed by atoms with E-state index in [9.17, 15) is 4.79 Å². The highest BCUT2D eigenvalue weighted by molar-refractivity contribution is 6.04. The number of carbonyl (C=O) groups is 1. The molecule has 0 aromatic carbocycles. The number of hydrogen-bond donors (Lipinski definition) is 1. The van der Waals surface area contributed by atoms with Gasteiger partial charge in [0.1, 0.15) is 0 Å². The van der Waals surface area contributed by atoms with E-state index in [2.05, 4.69) is 42.3 Å². The lowest BCUT2D eigenvalue weighted by molar-refractivity contribution is 0.0844. The van der Waals surface area contributed by atoms with E-state index in [0.717, 1.165) is 43.4 Å². The lowest BCUT2D eigenvalue weighted by atomic mass is 10.1. The molecule has 0 aliphatic carbocycles. The monoisotopic (exact) mass is 442 g/mol. The van der Waals surface area contributed by atoms with Gasteiger partial charge in [-0.05, 0) is 50.4 Å². The molecule has 5 rings (SSSR count). The van der Waals surface area contributed by atoms with Crippen LogP contribution in [0, 0.1) is 6.92 Å². The van der Waals surface area contributed by atoms with Crippen LogP contribution in [0.25, 0.3) is 5.65 Å². The van der Waals surface area contributed by atoms with Crippen LogP contribution in [0.4, 0.5) is 5.69 Å². The molecule has 0 saturated carbocycles. The van der Waals surface area contributed by atoms with Crippen molar-refractivity contribution in [1.29, 1.82) is 0 Å². The number of piperazine rings is 1. The largest absolute Gasteiger partial charge is 0.321 e. The van der Waals surface area contributed by atoms with Crippen LogP contribution >= 0.6 is 0 Å². The Morgan fingerprint density at radius 2 is 2.00 bits per heavy atom. The number of carbonyl (C=O) groups excluding carboxylic acids is 1. The molecule has 9 heteroatoms. The predicted molar refractivity (Wildman–Crippen MR) is 125 cm³/mol. The number of anilines is 1. The normalized spacial score (nSPS) is 17.3. The highest BCUT2D eigenvalue weighted by Crippen LogP contribution is 2.24. The Balaban J connectivity index is 1.38. The fourth-order valence-electron chi connectivity index (χ4n) is 4.09. The molecule has 1 aliphatic heterocycles. The van der Waals surface area contributed by atoms with Gasteiger partial charge in [-0.1, -0.05) is 6.07 Å². The Labute approximate surface area is 192 Å². The van der Waals surface area contributed by atoms with E-state index < -0.39 is 0 Å². The molecule has 0 spiro atoms. The average Bonchev–Trinajstić information content (AvgIpc) is 3.25. The van der Waals surface area contributed by atoms with Crippen molar-refractivity contribution in [3.05, 3.63) is 83.8 Å². The quantitative estimate of drug-likeness (QED) is 0.508. The SMILES string of the molecule is Cc1ccc(NC(=O)c2ccc3nnc(C4CN(Cc5ccccn5)CCN4C)n3c2)cn1. The number of aromatic nitrogens is 5. The number of pyridine rings is 3. The number of amides is 1. The van der Waals surface area contributed by atoms with E-state index in [-0.39, 0.29) is 11.9 Å². The first-order chi connectivity index (χ1) is 16.1. The van der Waals surface area contributed by atoms with E-state index in [1.165, 1.54) is 0 Å². The van der Waals surface area contributed by atoms with Gasteiger partial charge >= 0.3 is 0 Å². The van der Waals surface area contributed by atoms with Crippen molar-refractivity contribution in [1.82, 2.24) is 34.4 Å². The van der Waals surface area contributed by atoms with Gasteiger partial charge in [0.15, 0.2) is 11.5 Å². The van der Waals surface area contributed by atoms with E-state index in [1.807, 2.05) is 60.1 Å². The fourth-order valence-corrected chi connectivity index (χ4v) is 4.09. The van der Waals surface area contributed by atoms with Crippen molar-refractivity contribution in [2.45, 2.75) is 19.5 Å². The van der Waals surface area contributed by atoms with E-state index >= 15 is 0 Å². The first kappa shape index (κ1) is 21.2. The van der Waals surface area contributed by atoms with Crippen LogP contribution in [0.15, 0.2) is 61.1 Å². The Morgan fingerprint density at radius 3 is 2.79 bits per heavy atom. The summed E-state index contributed by atoms with van der Waals surface area (Å²) in [5.41, 5.74) is 3.86. The molecular formula is C24H26N8O. The Bertz CT molecular complexity index is 1250. The molecule has 0 radical (unpaired) electrons. The van der Waals surface area contributed by atoms with Crippen LogP contribution in [0.1, 0.15) is 33.6 Å². The lowest BCUT2D eigenvalue weighted by Crippen LogP contribution is -2.46. The highest BCUT2D eigenvalue weighted by Gasteiger charge is 2.29. The van der Waals surface area contributed by atoms with Crippen molar-refractivity contribution in [3.8, 4) is 0 Å². The molecule has 1 saturated heterocycles. The van der Waals surface area contributed by atoms with E-state index in [1.54, 1.807) is 12.3 Å². The minimum atomic E-state index is -0.198. The Hall–Kier alpha value is -3.69. The van der Waals surface area contributed by atoms with Gasteiger partial charge in [-0.25, -0.2) is 0 Å². The Morgan fingerprint density at radius 1 is 1.09 bits per heavy atom. The molecule has 9 nitrogen and oxygen atoms in total. The number of aryl methyl sites for hydroxylation is 1. The van der Waals surface area contributed by atoms with Gasteiger partial charge in [0, 0.05) is 44.3 Å². The Kier molecular flexibility index (Phi) is 5.80. The third kappa shape index (κ3) is 4.59. The van der Waals surface area contributed by atoms with Gasteiger partial charge in [0.25, 0.3) is 5.91 Å². The van der Waals surface area contributed by atoms with Crippen molar-refractivity contribution >= 4 is 17.2 Å². The van der Waals surface area contributed by atoms with Gasteiger partial charge in [-0.2, -0.15) is 0 Å². The van der Waals surface area contributed by atoms with Gasteiger partial charge < -0.3 is 5.32 Å². The summed E-state index contributed by atoms with van der Waals surface area (Å²) >= 11 is 0. The zero-order valence-electron chi connectivity index (χ0n) is 18.7. The number of fused-ring (bicyclic) bond motifs is 1. The van der Waals surface area contributed by atoms with Crippen LogP contribution in [-0.4, -0.2) is 67.0 Å². The number of hydrogen-bond acceptors (Lipinski definition) is 7. The molecule has 1 atom stereocenters. The molecule has 1 unspecified atom stereocenters. The first-order valence-electron chi connectivity index (χ1n) is 11.0. The molecule has 1 aliphatic rings. The third-order valence-corrected chi connectivity index (χ3v) is 6.00. The second-order valence-electron chi connectivity index (χ2n) is 8.40. The topological polar surface area (TPSA) is 91.5 Å². The summed E-state index contributed by atoms with van der Waals surface area (Å²) in [6.45, 7) is 5.37. The molecule has 4 aromatic rings. The second-order valence-corrected chi connectivity index (χ2v) is 8.40. The van der Waals surface area contributed by atoms with Crippen molar-refractivity contribution < 1.29 is 4.79 Å². The fraction of sp³-hybridized carbons (Fsp3) is 0.292. The summed E-state index contributed by atoms with van der Waals surface area (Å²) in [6.07, 6.45) is 5.30. The molecule has 168 valence electrons. The van der Waals surface area contributed by atoms with E-state index in [0.29, 0.717) is 16.9 Å². The van der Waals surface area contributed by atoms with Crippen LogP contribution < -0.4 is 5.32 Å². The molecule has 33 heavy (non-hydrogen) atoms. The number of rotatable bonds is 5. The summed E-state index contributed by atoms with van der Waals surface area (Å²) in [5.74, 6) is 0.626. The zero-order valence-corrected chi connectivity index (χ0v) is 18.7. The van der Waals surface area contributed by atoms with Gasteiger partial charge in [-0.3, -0.25) is 29.0 Å². The first-order valence-corrected chi connectivity index (χ1v) is 11.0. The molecule has 5 heterocycles. The van der Waals surface area contributed by atoms with Gasteiger partial charge in [0.05, 0.1) is 29.2 Å². The summed E-state index contributed by atoms with van der Waals surface area (Å²) in [7, 11) is 2.10. The number of likely N-dealkylation sites (N-methyl/N-ethyl adjacent to an activating group) is 1. The van der Waals surface area contributed by atoms with Crippen molar-refractivity contribution in [2.24, 2.45) is 0 Å². The minimum Gasteiger partial charge on any atom is -0.321 e. The molecular weight excluding hydrogens is 416 g/mol. The molecule has 1 amide bonds. The average molecular weight is 443 g/mol. The maximum absolute atomic E-state index is 12.9. The molecule has 0 bridgehead atoms. The standard InChI is InChI=1S/C24H26N8O/c1-17-6-8-19(13-26-17)27-24(33)18-7-9-22-28-29-23(32(22)14-18)21-16-31(12-11-30(21)2)15-20-5-3-4-10-25-20/h3-10,13-14,21H,11-12,15-16H2,1-2H3,(H,27,33). The summed E-state index contributed by atoms with van der Waals surface area (Å²) in [6, 6.07) is 13.4. The van der Waals surface area contributed by atoms with Crippen LogP contribution in [-0.2, 0) is 6.54 Å². The predicted octanol–water partition coefficient (Wildman–Crippen LogP) is 2.57. The minimum absolute atomic E-state index is 0.0528. The second kappa shape index (κ2) is 9.05. The van der Waals surface area contributed by atoms with Crippen LogP contribution in [0.3, 0.4) is 0 Å². The summed E-state index contributed by atoms with van der Waals surface area (Å²) < 4.78 is 1.92.